The minimum absolute atomic E-state index is 0.208. The molecule has 1 atom stereocenters. The summed E-state index contributed by atoms with van der Waals surface area (Å²) in [6.45, 7) is 0. The van der Waals surface area contributed by atoms with Gasteiger partial charge >= 0.3 is 5.97 Å². The van der Waals surface area contributed by atoms with Crippen LogP contribution in [0, 0.1) is 0 Å². The Bertz CT molecular complexity index is 872. The number of hydrogen-bond acceptors (Lipinski definition) is 5. The Kier molecular flexibility index (Phi) is 5.91. The molecule has 26 heavy (non-hydrogen) atoms. The van der Waals surface area contributed by atoms with Crippen LogP contribution in [0.25, 0.3) is 5.32 Å². The SMILES string of the molecule is COC(=O)c1ccc(C(Cc2cnccn2)[N-]c2cc(Br)ccn2)cc1. The molecule has 0 N–H and O–H groups in total. The Balaban J connectivity index is 1.87. The van der Waals surface area contributed by atoms with E-state index in [1.165, 1.54) is 7.11 Å². The molecule has 0 aliphatic heterocycles. The number of methoxy groups -OCH3 is 1. The molecule has 6 nitrogen and oxygen atoms in total. The monoisotopic (exact) mass is 411 g/mol. The number of carbonyl (C=O) groups is 1. The number of ether oxygens (including phenoxy) is 1. The van der Waals surface area contributed by atoms with Crippen LogP contribution in [-0.2, 0) is 11.2 Å². The molecule has 132 valence electrons. The minimum atomic E-state index is -0.368. The number of nitrogens with zero attached hydrogens (tertiary/aromatic N) is 4. The van der Waals surface area contributed by atoms with Crippen LogP contribution in [0.5, 0.6) is 0 Å². The standard InChI is InChI=1S/C19H16BrN4O2/c1-26-19(25)14-4-2-13(3-5-14)17(11-16-12-21-8-9-22-16)24-18-10-15(20)6-7-23-18/h2-10,12,17H,11H2,1H3/q-1. The Morgan fingerprint density at radius 3 is 2.62 bits per heavy atom. The number of pyridine rings is 1. The number of carbonyl (C=O) groups excluding carboxylic acids is 1. The van der Waals surface area contributed by atoms with E-state index in [-0.39, 0.29) is 12.0 Å². The molecule has 0 spiro atoms. The van der Waals surface area contributed by atoms with E-state index in [1.807, 2.05) is 24.3 Å². The molecule has 0 saturated heterocycles. The van der Waals surface area contributed by atoms with Gasteiger partial charge in [0, 0.05) is 23.1 Å². The van der Waals surface area contributed by atoms with Crippen molar-refractivity contribution in [2.24, 2.45) is 0 Å². The maximum absolute atomic E-state index is 11.6. The van der Waals surface area contributed by atoms with Crippen molar-refractivity contribution in [2.75, 3.05) is 7.11 Å². The summed E-state index contributed by atoms with van der Waals surface area (Å²) in [5.74, 6) is 0.248. The molecule has 0 saturated carbocycles. The van der Waals surface area contributed by atoms with E-state index >= 15 is 0 Å². The second kappa shape index (κ2) is 8.53. The zero-order chi connectivity index (χ0) is 18.4. The molecule has 0 bridgehead atoms. The number of hydrogen-bond donors (Lipinski definition) is 0. The van der Waals surface area contributed by atoms with Gasteiger partial charge < -0.3 is 15.0 Å². The summed E-state index contributed by atoms with van der Waals surface area (Å²) in [6, 6.07) is 10.7. The first-order chi connectivity index (χ1) is 12.7. The Labute approximate surface area is 159 Å². The summed E-state index contributed by atoms with van der Waals surface area (Å²) in [6.07, 6.45) is 7.28. The lowest BCUT2D eigenvalue weighted by Gasteiger charge is -2.26. The molecule has 1 unspecified atom stereocenters. The van der Waals surface area contributed by atoms with Crippen molar-refractivity contribution in [2.45, 2.75) is 12.5 Å². The Morgan fingerprint density at radius 1 is 1.15 bits per heavy atom. The fourth-order valence-electron chi connectivity index (χ4n) is 2.45. The molecule has 0 radical (unpaired) electrons. The van der Waals surface area contributed by atoms with E-state index in [0.717, 1.165) is 15.7 Å². The maximum atomic E-state index is 11.6. The molecule has 2 heterocycles. The summed E-state index contributed by atoms with van der Waals surface area (Å²) in [4.78, 5) is 24.4. The van der Waals surface area contributed by atoms with E-state index in [0.29, 0.717) is 17.8 Å². The summed E-state index contributed by atoms with van der Waals surface area (Å²) in [5.41, 5.74) is 2.27. The van der Waals surface area contributed by atoms with Crippen LogP contribution < -0.4 is 0 Å². The van der Waals surface area contributed by atoms with Gasteiger partial charge in [-0.15, -0.1) is 0 Å². The van der Waals surface area contributed by atoms with Gasteiger partial charge in [0.15, 0.2) is 0 Å². The fourth-order valence-corrected chi connectivity index (χ4v) is 2.78. The van der Waals surface area contributed by atoms with Gasteiger partial charge in [-0.2, -0.15) is 0 Å². The van der Waals surface area contributed by atoms with Crippen molar-refractivity contribution < 1.29 is 9.53 Å². The average Bonchev–Trinajstić information content (AvgIpc) is 2.68. The highest BCUT2D eigenvalue weighted by molar-refractivity contribution is 9.10. The third-order valence-electron chi connectivity index (χ3n) is 3.73. The number of benzene rings is 1. The van der Waals surface area contributed by atoms with Crippen LogP contribution in [0.4, 0.5) is 5.82 Å². The molecule has 0 aliphatic rings. The van der Waals surface area contributed by atoms with Gasteiger partial charge in [-0.25, -0.2) is 4.79 Å². The summed E-state index contributed by atoms with van der Waals surface area (Å²) < 4.78 is 5.65. The lowest BCUT2D eigenvalue weighted by molar-refractivity contribution is 0.0600. The quantitative estimate of drug-likeness (QED) is 0.561. The number of rotatable bonds is 6. The molecular weight excluding hydrogens is 396 g/mol. The zero-order valence-electron chi connectivity index (χ0n) is 14.0. The van der Waals surface area contributed by atoms with Crippen LogP contribution in [0.1, 0.15) is 27.7 Å². The van der Waals surface area contributed by atoms with Crippen LogP contribution in [0.2, 0.25) is 0 Å². The molecule has 2 aromatic heterocycles. The Morgan fingerprint density at radius 2 is 1.96 bits per heavy atom. The normalized spacial score (nSPS) is 11.6. The smallest absolute Gasteiger partial charge is 0.337 e. The number of halogens is 1. The van der Waals surface area contributed by atoms with Gasteiger partial charge in [0.05, 0.1) is 18.4 Å². The highest BCUT2D eigenvalue weighted by atomic mass is 79.9. The van der Waals surface area contributed by atoms with Crippen LogP contribution in [0.15, 0.2) is 65.7 Å². The zero-order valence-corrected chi connectivity index (χ0v) is 15.6. The molecule has 3 aromatic rings. The van der Waals surface area contributed by atoms with E-state index in [9.17, 15) is 4.79 Å². The number of esters is 1. The second-order valence-corrected chi connectivity index (χ2v) is 6.41. The molecule has 7 heteroatoms. The molecule has 0 amide bonds. The van der Waals surface area contributed by atoms with E-state index < -0.39 is 0 Å². The van der Waals surface area contributed by atoms with Crippen molar-refractivity contribution >= 4 is 27.7 Å². The highest BCUT2D eigenvalue weighted by Crippen LogP contribution is 2.33. The lowest BCUT2D eigenvalue weighted by atomic mass is 10.0. The molecular formula is C19H16BrN4O2-. The summed E-state index contributed by atoms with van der Waals surface area (Å²) in [7, 11) is 1.36. The Hall–Kier alpha value is -2.80. The van der Waals surface area contributed by atoms with Gasteiger partial charge in [0.25, 0.3) is 0 Å². The van der Waals surface area contributed by atoms with Crippen molar-refractivity contribution in [3.05, 3.63) is 87.8 Å². The predicted octanol–water partition coefficient (Wildman–Crippen LogP) is 4.41. The summed E-state index contributed by atoms with van der Waals surface area (Å²) >= 11 is 3.43. The van der Waals surface area contributed by atoms with Crippen molar-refractivity contribution in [1.29, 1.82) is 0 Å². The molecule has 3 rings (SSSR count). The van der Waals surface area contributed by atoms with E-state index in [1.54, 1.807) is 36.9 Å². The molecule has 0 aliphatic carbocycles. The van der Waals surface area contributed by atoms with E-state index in [4.69, 9.17) is 10.1 Å². The van der Waals surface area contributed by atoms with Crippen LogP contribution >= 0.6 is 15.9 Å². The minimum Gasteiger partial charge on any atom is -0.465 e. The topological polar surface area (TPSA) is 79.1 Å². The molecule has 0 fully saturated rings. The van der Waals surface area contributed by atoms with Crippen molar-refractivity contribution in [3.8, 4) is 0 Å². The third-order valence-corrected chi connectivity index (χ3v) is 4.22. The first-order valence-electron chi connectivity index (χ1n) is 7.91. The van der Waals surface area contributed by atoms with Gasteiger partial charge in [-0.05, 0) is 36.2 Å². The van der Waals surface area contributed by atoms with Crippen LogP contribution in [0.3, 0.4) is 0 Å². The highest BCUT2D eigenvalue weighted by Gasteiger charge is 2.12. The maximum Gasteiger partial charge on any atom is 0.337 e. The summed E-state index contributed by atoms with van der Waals surface area (Å²) in [5, 5.41) is 4.75. The van der Waals surface area contributed by atoms with Crippen molar-refractivity contribution in [3.63, 3.8) is 0 Å². The fraction of sp³-hybridized carbons (Fsp3) is 0.158. The first-order valence-corrected chi connectivity index (χ1v) is 8.70. The largest absolute Gasteiger partial charge is 0.465 e. The van der Waals surface area contributed by atoms with Gasteiger partial charge in [-0.3, -0.25) is 9.97 Å². The average molecular weight is 412 g/mol. The lowest BCUT2D eigenvalue weighted by Crippen LogP contribution is -2.05. The third kappa shape index (κ3) is 4.64. The van der Waals surface area contributed by atoms with E-state index in [2.05, 4.69) is 30.9 Å². The number of aromatic nitrogens is 3. The molecule has 1 aromatic carbocycles. The van der Waals surface area contributed by atoms with Crippen LogP contribution in [-0.4, -0.2) is 28.0 Å². The van der Waals surface area contributed by atoms with Gasteiger partial charge in [0.1, 0.15) is 0 Å². The second-order valence-electron chi connectivity index (χ2n) is 5.49. The predicted molar refractivity (Wildman–Crippen MR) is 101 cm³/mol. The van der Waals surface area contributed by atoms with Gasteiger partial charge in [-0.1, -0.05) is 46.1 Å². The first kappa shape index (κ1) is 18.0. The van der Waals surface area contributed by atoms with Crippen molar-refractivity contribution in [1.82, 2.24) is 15.0 Å². The van der Waals surface area contributed by atoms with Gasteiger partial charge in [0.2, 0.25) is 0 Å².